The first-order chi connectivity index (χ1) is 17.5. The number of methoxy groups -OCH3 is 1. The number of amides is 1. The first-order valence-corrected chi connectivity index (χ1v) is 11.5. The summed E-state index contributed by atoms with van der Waals surface area (Å²) < 4.78 is 16.1. The molecule has 1 aliphatic heterocycles. The van der Waals surface area contributed by atoms with Crippen molar-refractivity contribution in [3.05, 3.63) is 83.6 Å². The van der Waals surface area contributed by atoms with Crippen LogP contribution >= 0.6 is 0 Å². The van der Waals surface area contributed by atoms with Crippen LogP contribution in [-0.4, -0.2) is 65.4 Å². The van der Waals surface area contributed by atoms with Crippen molar-refractivity contribution >= 4 is 18.0 Å². The third kappa shape index (κ3) is 4.35. The predicted octanol–water partition coefficient (Wildman–Crippen LogP) is 3.72. The molecule has 1 N–H and O–H groups in total. The normalized spacial score (nSPS) is 18.3. The maximum atomic E-state index is 13.0. The van der Waals surface area contributed by atoms with Gasteiger partial charge in [0.25, 0.3) is 0 Å². The van der Waals surface area contributed by atoms with Gasteiger partial charge in [-0.1, -0.05) is 48.5 Å². The van der Waals surface area contributed by atoms with Gasteiger partial charge in [-0.05, 0) is 28.3 Å². The summed E-state index contributed by atoms with van der Waals surface area (Å²) >= 11 is 0. The van der Waals surface area contributed by atoms with Gasteiger partial charge in [-0.3, -0.25) is 4.90 Å². The molecule has 184 valence electrons. The molecule has 2 atom stereocenters. The molecule has 0 unspecified atom stereocenters. The molecule has 9 heteroatoms. The van der Waals surface area contributed by atoms with Gasteiger partial charge in [0, 0.05) is 24.6 Å². The minimum atomic E-state index is -1.14. The number of esters is 1. The van der Waals surface area contributed by atoms with Gasteiger partial charge in [0.15, 0.2) is 0 Å². The molecule has 0 radical (unpaired) electrons. The number of carboxylic acid groups (broad SMARTS) is 1. The number of benzene rings is 2. The van der Waals surface area contributed by atoms with Crippen molar-refractivity contribution < 1.29 is 33.7 Å². The maximum Gasteiger partial charge on any atom is 0.410 e. The van der Waals surface area contributed by atoms with Crippen LogP contribution in [0.5, 0.6) is 5.88 Å². The number of likely N-dealkylation sites (tertiary alicyclic amines) is 1. The summed E-state index contributed by atoms with van der Waals surface area (Å²) in [6.45, 7) is 0.131. The van der Waals surface area contributed by atoms with E-state index in [1.165, 1.54) is 30.3 Å². The van der Waals surface area contributed by atoms with Crippen molar-refractivity contribution in [2.75, 3.05) is 20.3 Å². The highest BCUT2D eigenvalue weighted by molar-refractivity contribution is 5.89. The number of hydrogen-bond acceptors (Lipinski definition) is 7. The lowest BCUT2D eigenvalue weighted by molar-refractivity contribution is -0.141. The van der Waals surface area contributed by atoms with Crippen LogP contribution in [-0.2, 0) is 14.3 Å². The Balaban J connectivity index is 1.26. The molecule has 0 saturated carbocycles. The number of nitrogens with zero attached hydrogens (tertiary/aromatic N) is 2. The monoisotopic (exact) mass is 488 g/mol. The van der Waals surface area contributed by atoms with Crippen molar-refractivity contribution in [1.82, 2.24) is 9.88 Å². The van der Waals surface area contributed by atoms with Gasteiger partial charge in [-0.25, -0.2) is 19.4 Å². The SMILES string of the molecule is COC(=O)c1ccc(O[C@H]2C[C@@H](C(=O)O)N(C(=O)OCC3c4ccccc4-c4ccccc43)C2)nc1. The van der Waals surface area contributed by atoms with Gasteiger partial charge >= 0.3 is 18.0 Å². The largest absolute Gasteiger partial charge is 0.480 e. The summed E-state index contributed by atoms with van der Waals surface area (Å²) in [5.41, 5.74) is 4.63. The first kappa shape index (κ1) is 23.3. The fourth-order valence-corrected chi connectivity index (χ4v) is 4.85. The van der Waals surface area contributed by atoms with Crippen molar-refractivity contribution in [3.63, 3.8) is 0 Å². The Bertz CT molecular complexity index is 1260. The fraction of sp³-hybridized carbons (Fsp3) is 0.259. The molecule has 2 aromatic carbocycles. The van der Waals surface area contributed by atoms with E-state index in [1.807, 2.05) is 48.5 Å². The molecular weight excluding hydrogens is 464 g/mol. The average Bonchev–Trinajstić information content (AvgIpc) is 3.47. The van der Waals surface area contributed by atoms with Gasteiger partial charge in [-0.2, -0.15) is 0 Å². The van der Waals surface area contributed by atoms with Crippen LogP contribution in [0.4, 0.5) is 4.79 Å². The Morgan fingerprint density at radius 3 is 2.25 bits per heavy atom. The second kappa shape index (κ2) is 9.69. The standard InChI is InChI=1S/C27H24N2O7/c1-34-26(32)16-10-11-24(28-13-16)36-17-12-23(25(30)31)29(14-17)27(33)35-15-22-20-8-4-2-6-18(20)19-7-3-5-9-21(19)22/h2-11,13,17,22-23H,12,14-15H2,1H3,(H,30,31)/t17-,23-/m0/s1. The smallest absolute Gasteiger partial charge is 0.410 e. The van der Waals surface area contributed by atoms with E-state index in [1.54, 1.807) is 0 Å². The summed E-state index contributed by atoms with van der Waals surface area (Å²) in [5.74, 6) is -1.58. The van der Waals surface area contributed by atoms with Crippen molar-refractivity contribution in [1.29, 1.82) is 0 Å². The number of aromatic nitrogens is 1. The van der Waals surface area contributed by atoms with E-state index in [-0.39, 0.29) is 36.9 Å². The summed E-state index contributed by atoms with van der Waals surface area (Å²) in [5, 5.41) is 9.71. The number of pyridine rings is 1. The zero-order valence-corrected chi connectivity index (χ0v) is 19.5. The van der Waals surface area contributed by atoms with Crippen LogP contribution in [0.1, 0.15) is 33.8 Å². The predicted molar refractivity (Wildman–Crippen MR) is 128 cm³/mol. The molecule has 1 aliphatic carbocycles. The quantitative estimate of drug-likeness (QED) is 0.522. The van der Waals surface area contributed by atoms with Crippen LogP contribution < -0.4 is 4.74 Å². The highest BCUT2D eigenvalue weighted by atomic mass is 16.6. The van der Waals surface area contributed by atoms with E-state index in [2.05, 4.69) is 9.72 Å². The highest BCUT2D eigenvalue weighted by Gasteiger charge is 2.42. The summed E-state index contributed by atoms with van der Waals surface area (Å²) in [7, 11) is 1.27. The van der Waals surface area contributed by atoms with Gasteiger partial charge in [0.05, 0.1) is 19.2 Å². The third-order valence-corrected chi connectivity index (χ3v) is 6.56. The average molecular weight is 488 g/mol. The number of rotatable bonds is 6. The molecule has 1 amide bonds. The Morgan fingerprint density at radius 1 is 1.00 bits per heavy atom. The lowest BCUT2D eigenvalue weighted by Crippen LogP contribution is -2.41. The number of hydrogen-bond donors (Lipinski definition) is 1. The summed E-state index contributed by atoms with van der Waals surface area (Å²) in [6, 6.07) is 17.9. The minimum absolute atomic E-state index is 0.0358. The van der Waals surface area contributed by atoms with Crippen LogP contribution in [0, 0.1) is 0 Å². The molecule has 2 aliphatic rings. The lowest BCUT2D eigenvalue weighted by Gasteiger charge is -2.22. The molecule has 5 rings (SSSR count). The van der Waals surface area contributed by atoms with Crippen LogP contribution in [0.3, 0.4) is 0 Å². The first-order valence-electron chi connectivity index (χ1n) is 11.5. The van der Waals surface area contributed by atoms with E-state index in [0.29, 0.717) is 0 Å². The number of fused-ring (bicyclic) bond motifs is 3. The van der Waals surface area contributed by atoms with E-state index < -0.39 is 30.2 Å². The maximum absolute atomic E-state index is 13.0. The zero-order valence-electron chi connectivity index (χ0n) is 19.5. The Kier molecular flexibility index (Phi) is 6.28. The number of ether oxygens (including phenoxy) is 3. The van der Waals surface area contributed by atoms with E-state index >= 15 is 0 Å². The number of carboxylic acids is 1. The Hall–Kier alpha value is -4.40. The lowest BCUT2D eigenvalue weighted by atomic mass is 9.98. The van der Waals surface area contributed by atoms with Gasteiger partial charge in [-0.15, -0.1) is 0 Å². The molecular formula is C27H24N2O7. The molecule has 0 spiro atoms. The van der Waals surface area contributed by atoms with Crippen LogP contribution in [0.15, 0.2) is 66.9 Å². The second-order valence-corrected chi connectivity index (χ2v) is 8.66. The minimum Gasteiger partial charge on any atom is -0.480 e. The number of carbonyl (C=O) groups excluding carboxylic acids is 2. The van der Waals surface area contributed by atoms with Crippen LogP contribution in [0.25, 0.3) is 11.1 Å². The Labute approximate surface area is 207 Å². The fourth-order valence-electron chi connectivity index (χ4n) is 4.85. The third-order valence-electron chi connectivity index (χ3n) is 6.56. The van der Waals surface area contributed by atoms with Crippen molar-refractivity contribution in [3.8, 4) is 17.0 Å². The second-order valence-electron chi connectivity index (χ2n) is 8.66. The van der Waals surface area contributed by atoms with Crippen LogP contribution in [0.2, 0.25) is 0 Å². The van der Waals surface area contributed by atoms with Gasteiger partial charge in [0.1, 0.15) is 18.8 Å². The highest BCUT2D eigenvalue weighted by Crippen LogP contribution is 2.44. The van der Waals surface area contributed by atoms with E-state index in [9.17, 15) is 19.5 Å². The molecule has 1 fully saturated rings. The number of aliphatic carboxylic acids is 1. The molecule has 1 saturated heterocycles. The molecule has 1 aromatic heterocycles. The molecule has 36 heavy (non-hydrogen) atoms. The van der Waals surface area contributed by atoms with Gasteiger partial charge < -0.3 is 19.3 Å². The van der Waals surface area contributed by atoms with E-state index in [4.69, 9.17) is 9.47 Å². The van der Waals surface area contributed by atoms with Gasteiger partial charge in [0.2, 0.25) is 5.88 Å². The molecule has 0 bridgehead atoms. The zero-order chi connectivity index (χ0) is 25.2. The van der Waals surface area contributed by atoms with Crippen molar-refractivity contribution in [2.45, 2.75) is 24.5 Å². The molecule has 2 heterocycles. The Morgan fingerprint density at radius 2 is 1.67 bits per heavy atom. The number of carbonyl (C=O) groups is 3. The molecule has 9 nitrogen and oxygen atoms in total. The molecule has 3 aromatic rings. The van der Waals surface area contributed by atoms with Crippen molar-refractivity contribution in [2.24, 2.45) is 0 Å². The van der Waals surface area contributed by atoms with E-state index in [0.717, 1.165) is 22.3 Å². The summed E-state index contributed by atoms with van der Waals surface area (Å²) in [4.78, 5) is 41.7. The summed E-state index contributed by atoms with van der Waals surface area (Å²) in [6.07, 6.45) is 0.0982. The topological polar surface area (TPSA) is 115 Å².